The van der Waals surface area contributed by atoms with Gasteiger partial charge in [0.25, 0.3) is 0 Å². The monoisotopic (exact) mass is 381 g/mol. The molecule has 0 N–H and O–H groups in total. The zero-order valence-corrected chi connectivity index (χ0v) is 15.9. The van der Waals surface area contributed by atoms with Crippen molar-refractivity contribution in [2.24, 2.45) is 0 Å². The Hall–Kier alpha value is -1.82. The van der Waals surface area contributed by atoms with Crippen LogP contribution in [-0.2, 0) is 22.9 Å². The number of aryl methyl sites for hydroxylation is 2. The van der Waals surface area contributed by atoms with Gasteiger partial charge in [0.2, 0.25) is 10.0 Å². The first-order valence-corrected chi connectivity index (χ1v) is 11.4. The molecular weight excluding hydrogens is 362 g/mol. The van der Waals surface area contributed by atoms with Crippen LogP contribution >= 0.6 is 11.8 Å². The maximum atomic E-state index is 13.6. The summed E-state index contributed by atoms with van der Waals surface area (Å²) in [5.41, 5.74) is 3.58. The average Bonchev–Trinajstić information content (AvgIpc) is 3.32. The lowest BCUT2D eigenvalue weighted by Gasteiger charge is -2.24. The minimum absolute atomic E-state index is 0.149. The maximum Gasteiger partial charge on any atom is 0.245 e. The van der Waals surface area contributed by atoms with E-state index < -0.39 is 10.0 Å². The van der Waals surface area contributed by atoms with E-state index in [1.807, 2.05) is 54.6 Å². The summed E-state index contributed by atoms with van der Waals surface area (Å²) >= 11 is 1.70. The predicted octanol–water partition coefficient (Wildman–Crippen LogP) is 4.37. The fraction of sp³-hybridized carbons (Fsp3) is 0.238. The molecule has 0 unspecified atom stereocenters. The standard InChI is InChI=1S/C21H19NO2S2/c23-26(24,22-13-14-25-21(22)17-5-2-1-3-6-17)19-12-11-16-10-9-15-7-4-8-18(19)20(15)16/h1-8,11-12,21H,9-10,13-14H2/t21-/m1/s1. The van der Waals surface area contributed by atoms with E-state index in [1.54, 1.807) is 16.1 Å². The maximum absolute atomic E-state index is 13.6. The van der Waals surface area contributed by atoms with Gasteiger partial charge in [0.05, 0.1) is 10.3 Å². The number of benzene rings is 3. The van der Waals surface area contributed by atoms with Crippen molar-refractivity contribution in [3.63, 3.8) is 0 Å². The first kappa shape index (κ1) is 16.4. The molecule has 0 bridgehead atoms. The van der Waals surface area contributed by atoms with E-state index in [0.717, 1.165) is 34.9 Å². The van der Waals surface area contributed by atoms with Gasteiger partial charge in [0.15, 0.2) is 0 Å². The van der Waals surface area contributed by atoms with Crippen molar-refractivity contribution in [3.05, 3.63) is 77.4 Å². The molecule has 1 heterocycles. The smallest absolute Gasteiger partial charge is 0.207 e. The third kappa shape index (κ3) is 2.42. The van der Waals surface area contributed by atoms with Crippen molar-refractivity contribution in [3.8, 4) is 0 Å². The van der Waals surface area contributed by atoms with Crippen molar-refractivity contribution < 1.29 is 8.42 Å². The molecule has 0 aromatic heterocycles. The number of thioether (sulfide) groups is 1. The number of rotatable bonds is 3. The van der Waals surface area contributed by atoms with Gasteiger partial charge in [-0.2, -0.15) is 4.31 Å². The van der Waals surface area contributed by atoms with Crippen molar-refractivity contribution >= 4 is 32.6 Å². The van der Waals surface area contributed by atoms with Crippen LogP contribution in [0.1, 0.15) is 22.1 Å². The molecule has 1 saturated heterocycles. The lowest BCUT2D eigenvalue weighted by atomic mass is 10.1. The molecule has 1 aliphatic carbocycles. The molecule has 3 aromatic rings. The number of hydrogen-bond acceptors (Lipinski definition) is 3. The summed E-state index contributed by atoms with van der Waals surface area (Å²) < 4.78 is 28.8. The van der Waals surface area contributed by atoms with E-state index in [2.05, 4.69) is 6.07 Å². The highest BCUT2D eigenvalue weighted by Gasteiger charge is 2.38. The van der Waals surface area contributed by atoms with Crippen molar-refractivity contribution in [2.75, 3.05) is 12.3 Å². The third-order valence-electron chi connectivity index (χ3n) is 5.36. The van der Waals surface area contributed by atoms with Gasteiger partial charge in [0.1, 0.15) is 0 Å². The second-order valence-corrected chi connectivity index (χ2v) is 9.86. The first-order chi connectivity index (χ1) is 12.7. The van der Waals surface area contributed by atoms with Crippen LogP contribution in [0.2, 0.25) is 0 Å². The van der Waals surface area contributed by atoms with Crippen LogP contribution in [0.5, 0.6) is 0 Å². The third-order valence-corrected chi connectivity index (χ3v) is 8.67. The van der Waals surface area contributed by atoms with Gasteiger partial charge in [-0.25, -0.2) is 8.42 Å². The Morgan fingerprint density at radius 2 is 1.65 bits per heavy atom. The van der Waals surface area contributed by atoms with Gasteiger partial charge >= 0.3 is 0 Å². The molecule has 1 aliphatic heterocycles. The summed E-state index contributed by atoms with van der Waals surface area (Å²) in [5.74, 6) is 0.820. The van der Waals surface area contributed by atoms with Crippen molar-refractivity contribution in [1.82, 2.24) is 4.31 Å². The van der Waals surface area contributed by atoms with Crippen LogP contribution in [0.25, 0.3) is 10.8 Å². The van der Waals surface area contributed by atoms with E-state index in [-0.39, 0.29) is 5.37 Å². The molecule has 1 atom stereocenters. The Balaban J connectivity index is 1.65. The minimum Gasteiger partial charge on any atom is -0.207 e. The normalized spacial score (nSPS) is 20.1. The molecule has 0 amide bonds. The molecule has 5 heteroatoms. The van der Waals surface area contributed by atoms with Crippen LogP contribution in [0, 0.1) is 0 Å². The lowest BCUT2D eigenvalue weighted by Crippen LogP contribution is -2.30. The Morgan fingerprint density at radius 1 is 0.885 bits per heavy atom. The first-order valence-electron chi connectivity index (χ1n) is 8.88. The molecule has 1 fully saturated rings. The van der Waals surface area contributed by atoms with E-state index in [1.165, 1.54) is 11.1 Å². The molecule has 5 rings (SSSR count). The van der Waals surface area contributed by atoms with Crippen LogP contribution in [0.3, 0.4) is 0 Å². The fourth-order valence-electron chi connectivity index (χ4n) is 4.15. The molecule has 0 spiro atoms. The quantitative estimate of drug-likeness (QED) is 0.676. The molecular formula is C21H19NO2S2. The molecule has 26 heavy (non-hydrogen) atoms. The lowest BCUT2D eigenvalue weighted by molar-refractivity contribution is 0.435. The molecule has 2 aliphatic rings. The van der Waals surface area contributed by atoms with Crippen molar-refractivity contribution in [1.29, 1.82) is 0 Å². The second kappa shape index (κ2) is 6.12. The molecule has 0 saturated carbocycles. The van der Waals surface area contributed by atoms with Crippen LogP contribution in [0.15, 0.2) is 65.6 Å². The van der Waals surface area contributed by atoms with Gasteiger partial charge in [-0.1, -0.05) is 54.6 Å². The molecule has 3 nitrogen and oxygen atoms in total. The molecule has 0 radical (unpaired) electrons. The van der Waals surface area contributed by atoms with Crippen LogP contribution in [-0.4, -0.2) is 25.0 Å². The van der Waals surface area contributed by atoms with Gasteiger partial charge in [-0.15, -0.1) is 11.8 Å². The van der Waals surface area contributed by atoms with Gasteiger partial charge in [-0.05, 0) is 41.0 Å². The SMILES string of the molecule is O=S(=O)(c1ccc2c3c(cccc13)CC2)N1CCS[C@@H]1c1ccccc1. The Kier molecular flexibility index (Phi) is 3.85. The van der Waals surface area contributed by atoms with Gasteiger partial charge in [-0.3, -0.25) is 0 Å². The van der Waals surface area contributed by atoms with Gasteiger partial charge in [0, 0.05) is 17.7 Å². The summed E-state index contributed by atoms with van der Waals surface area (Å²) in [6.45, 7) is 0.551. The highest BCUT2D eigenvalue weighted by Crippen LogP contribution is 2.43. The number of hydrogen-bond donors (Lipinski definition) is 0. The Morgan fingerprint density at radius 3 is 2.46 bits per heavy atom. The van der Waals surface area contributed by atoms with Gasteiger partial charge < -0.3 is 0 Å². The fourth-order valence-corrected chi connectivity index (χ4v) is 7.58. The summed E-state index contributed by atoms with van der Waals surface area (Å²) in [6.07, 6.45) is 2.00. The van der Waals surface area contributed by atoms with Crippen LogP contribution in [0.4, 0.5) is 0 Å². The topological polar surface area (TPSA) is 37.4 Å². The Bertz CT molecular complexity index is 1080. The van der Waals surface area contributed by atoms with E-state index in [0.29, 0.717) is 11.4 Å². The number of sulfonamides is 1. The average molecular weight is 382 g/mol. The highest BCUT2D eigenvalue weighted by atomic mass is 32.2. The van der Waals surface area contributed by atoms with E-state index >= 15 is 0 Å². The predicted molar refractivity (Wildman–Crippen MR) is 107 cm³/mol. The Labute approximate surface area is 158 Å². The second-order valence-electron chi connectivity index (χ2n) is 6.81. The summed E-state index contributed by atoms with van der Waals surface area (Å²) in [5, 5.41) is 1.88. The molecule has 3 aromatic carbocycles. The zero-order valence-electron chi connectivity index (χ0n) is 14.3. The zero-order chi connectivity index (χ0) is 17.7. The highest BCUT2D eigenvalue weighted by molar-refractivity contribution is 8.01. The summed E-state index contributed by atoms with van der Waals surface area (Å²) in [7, 11) is -3.56. The number of nitrogens with zero attached hydrogens (tertiary/aromatic N) is 1. The summed E-state index contributed by atoms with van der Waals surface area (Å²) in [4.78, 5) is 0.448. The van der Waals surface area contributed by atoms with Crippen molar-refractivity contribution in [2.45, 2.75) is 23.1 Å². The van der Waals surface area contributed by atoms with Crippen LogP contribution < -0.4 is 0 Å². The van der Waals surface area contributed by atoms with E-state index in [4.69, 9.17) is 0 Å². The largest absolute Gasteiger partial charge is 0.245 e. The molecule has 132 valence electrons. The van der Waals surface area contributed by atoms with E-state index in [9.17, 15) is 8.42 Å². The summed E-state index contributed by atoms with van der Waals surface area (Å²) in [6, 6.07) is 19.8. The minimum atomic E-state index is -3.56.